The third-order valence-electron chi connectivity index (χ3n) is 4.48. The SMILES string of the molecule is CC(C)S(=O)(=O)NC1=C2CC=C(Oc3cccc(NS(C)(=O)=O)c3)C=C2CC1. The lowest BCUT2D eigenvalue weighted by Crippen LogP contribution is -2.30. The van der Waals surface area contributed by atoms with Crippen LogP contribution in [0, 0.1) is 0 Å². The highest BCUT2D eigenvalue weighted by Crippen LogP contribution is 2.37. The average Bonchev–Trinajstić information content (AvgIpc) is 2.95. The maximum Gasteiger partial charge on any atom is 0.234 e. The van der Waals surface area contributed by atoms with Gasteiger partial charge in [0.25, 0.3) is 0 Å². The summed E-state index contributed by atoms with van der Waals surface area (Å²) in [5.74, 6) is 1.17. The first-order valence-corrected chi connectivity index (χ1v) is 12.4. The fourth-order valence-electron chi connectivity index (χ4n) is 3.05. The van der Waals surface area contributed by atoms with Gasteiger partial charge in [-0.25, -0.2) is 16.8 Å². The lowest BCUT2D eigenvalue weighted by molar-refractivity contribution is 0.440. The van der Waals surface area contributed by atoms with E-state index in [0.29, 0.717) is 30.0 Å². The molecule has 0 saturated carbocycles. The van der Waals surface area contributed by atoms with Crippen LogP contribution in [0.15, 0.2) is 59.0 Å². The molecule has 0 fully saturated rings. The van der Waals surface area contributed by atoms with Crippen LogP contribution in [0.2, 0.25) is 0 Å². The van der Waals surface area contributed by atoms with E-state index in [4.69, 9.17) is 4.74 Å². The molecule has 3 rings (SSSR count). The predicted octanol–water partition coefficient (Wildman–Crippen LogP) is 3.03. The van der Waals surface area contributed by atoms with Gasteiger partial charge in [0, 0.05) is 11.8 Å². The summed E-state index contributed by atoms with van der Waals surface area (Å²) in [4.78, 5) is 0. The highest BCUT2D eigenvalue weighted by Gasteiger charge is 2.26. The minimum Gasteiger partial charge on any atom is -0.458 e. The molecule has 0 bridgehead atoms. The van der Waals surface area contributed by atoms with Gasteiger partial charge in [0.2, 0.25) is 20.0 Å². The van der Waals surface area contributed by atoms with Crippen LogP contribution in [-0.2, 0) is 20.0 Å². The zero-order valence-electron chi connectivity index (χ0n) is 16.0. The number of nitrogens with one attached hydrogen (secondary N) is 2. The Kier molecular flexibility index (Phi) is 5.58. The van der Waals surface area contributed by atoms with E-state index in [1.54, 1.807) is 38.1 Å². The number of allylic oxidation sites excluding steroid dienone is 5. The predicted molar refractivity (Wildman–Crippen MR) is 110 cm³/mol. The van der Waals surface area contributed by atoms with Gasteiger partial charge in [0.1, 0.15) is 11.5 Å². The van der Waals surface area contributed by atoms with Crippen molar-refractivity contribution < 1.29 is 21.6 Å². The Morgan fingerprint density at radius 1 is 1.07 bits per heavy atom. The molecule has 0 atom stereocenters. The molecule has 7 nitrogen and oxygen atoms in total. The summed E-state index contributed by atoms with van der Waals surface area (Å²) in [6.07, 6.45) is 6.88. The Morgan fingerprint density at radius 2 is 1.82 bits per heavy atom. The van der Waals surface area contributed by atoms with E-state index in [-0.39, 0.29) is 0 Å². The van der Waals surface area contributed by atoms with E-state index in [0.717, 1.165) is 29.5 Å². The number of hydrogen-bond donors (Lipinski definition) is 2. The quantitative estimate of drug-likeness (QED) is 0.701. The van der Waals surface area contributed by atoms with E-state index in [1.807, 2.05) is 12.2 Å². The zero-order valence-corrected chi connectivity index (χ0v) is 17.7. The van der Waals surface area contributed by atoms with Crippen molar-refractivity contribution in [1.82, 2.24) is 4.72 Å². The fraction of sp³-hybridized carbons (Fsp3) is 0.368. The highest BCUT2D eigenvalue weighted by atomic mass is 32.2. The van der Waals surface area contributed by atoms with E-state index in [1.165, 1.54) is 0 Å². The van der Waals surface area contributed by atoms with Crippen LogP contribution in [-0.4, -0.2) is 28.3 Å². The molecule has 0 unspecified atom stereocenters. The summed E-state index contributed by atoms with van der Waals surface area (Å²) in [7, 11) is -6.72. The van der Waals surface area contributed by atoms with Crippen molar-refractivity contribution in [3.8, 4) is 5.75 Å². The molecule has 152 valence electrons. The number of benzene rings is 1. The summed E-state index contributed by atoms with van der Waals surface area (Å²) in [6, 6.07) is 6.71. The largest absolute Gasteiger partial charge is 0.458 e. The number of rotatable bonds is 7. The Balaban J connectivity index is 1.74. The van der Waals surface area contributed by atoms with Gasteiger partial charge in [-0.3, -0.25) is 9.44 Å². The van der Waals surface area contributed by atoms with Crippen molar-refractivity contribution in [3.63, 3.8) is 0 Å². The zero-order chi connectivity index (χ0) is 20.5. The van der Waals surface area contributed by atoms with Crippen LogP contribution in [0.3, 0.4) is 0 Å². The second-order valence-corrected chi connectivity index (χ2v) is 11.1. The first-order chi connectivity index (χ1) is 13.0. The maximum atomic E-state index is 12.1. The first kappa shape index (κ1) is 20.5. The summed E-state index contributed by atoms with van der Waals surface area (Å²) in [5, 5.41) is -0.487. The molecule has 2 N–H and O–H groups in total. The average molecular weight is 425 g/mol. The van der Waals surface area contributed by atoms with Crippen LogP contribution < -0.4 is 14.2 Å². The van der Waals surface area contributed by atoms with Crippen LogP contribution in [0.1, 0.15) is 33.1 Å². The summed E-state index contributed by atoms with van der Waals surface area (Å²) >= 11 is 0. The van der Waals surface area contributed by atoms with Crippen LogP contribution in [0.25, 0.3) is 0 Å². The Hall–Kier alpha value is -2.26. The van der Waals surface area contributed by atoms with Crippen molar-refractivity contribution in [3.05, 3.63) is 59.0 Å². The maximum absolute atomic E-state index is 12.1. The number of anilines is 1. The molecule has 28 heavy (non-hydrogen) atoms. The molecule has 1 aromatic rings. The van der Waals surface area contributed by atoms with Crippen molar-refractivity contribution >= 4 is 25.7 Å². The van der Waals surface area contributed by atoms with Crippen molar-refractivity contribution in [1.29, 1.82) is 0 Å². The molecule has 9 heteroatoms. The third kappa shape index (κ3) is 4.96. The molecule has 0 aromatic heterocycles. The normalized spacial score (nSPS) is 17.1. The summed E-state index contributed by atoms with van der Waals surface area (Å²) in [5.41, 5.74) is 3.25. The van der Waals surface area contributed by atoms with Crippen LogP contribution in [0.5, 0.6) is 5.75 Å². The molecule has 0 amide bonds. The van der Waals surface area contributed by atoms with E-state index < -0.39 is 25.3 Å². The van der Waals surface area contributed by atoms with Crippen molar-refractivity contribution in [2.75, 3.05) is 11.0 Å². The topological polar surface area (TPSA) is 102 Å². The molecule has 0 spiro atoms. The van der Waals surface area contributed by atoms with E-state index >= 15 is 0 Å². The molecular formula is C19H24N2O5S2. The Morgan fingerprint density at radius 3 is 2.50 bits per heavy atom. The minimum absolute atomic E-state index is 0.427. The van der Waals surface area contributed by atoms with Gasteiger partial charge >= 0.3 is 0 Å². The van der Waals surface area contributed by atoms with Gasteiger partial charge in [0.05, 0.1) is 17.2 Å². The molecule has 0 aliphatic heterocycles. The molecule has 2 aliphatic carbocycles. The summed E-state index contributed by atoms with van der Waals surface area (Å²) in [6.45, 7) is 3.30. The Bertz CT molecular complexity index is 1080. The molecule has 1 aromatic carbocycles. The minimum atomic E-state index is -3.36. The molecule has 0 saturated heterocycles. The number of ether oxygens (including phenoxy) is 1. The second kappa shape index (κ2) is 7.63. The first-order valence-electron chi connectivity index (χ1n) is 8.94. The van der Waals surface area contributed by atoms with Crippen LogP contribution >= 0.6 is 0 Å². The van der Waals surface area contributed by atoms with Gasteiger partial charge < -0.3 is 4.74 Å². The second-order valence-electron chi connectivity index (χ2n) is 7.14. The van der Waals surface area contributed by atoms with E-state index in [2.05, 4.69) is 9.44 Å². The van der Waals surface area contributed by atoms with Crippen molar-refractivity contribution in [2.45, 2.75) is 38.4 Å². The number of hydrogen-bond acceptors (Lipinski definition) is 5. The van der Waals surface area contributed by atoms with Crippen molar-refractivity contribution in [2.24, 2.45) is 0 Å². The highest BCUT2D eigenvalue weighted by molar-refractivity contribution is 7.92. The lowest BCUT2D eigenvalue weighted by atomic mass is 10.00. The summed E-state index contributed by atoms with van der Waals surface area (Å²) < 4.78 is 58.1. The standard InChI is InChI=1S/C19H24N2O5S2/c1-13(2)28(24,25)21-19-10-7-14-11-17(8-9-18(14)19)26-16-6-4-5-15(12-16)20-27(3,22)23/h4-6,8,11-13,20-21H,7,9-10H2,1-3H3. The number of sulfonamides is 2. The van der Waals surface area contributed by atoms with Gasteiger partial charge in [-0.1, -0.05) is 6.07 Å². The van der Waals surface area contributed by atoms with Gasteiger partial charge in [-0.2, -0.15) is 0 Å². The molecule has 0 radical (unpaired) electrons. The lowest BCUT2D eigenvalue weighted by Gasteiger charge is -2.17. The fourth-order valence-corrected chi connectivity index (χ4v) is 4.41. The van der Waals surface area contributed by atoms with Gasteiger partial charge in [-0.15, -0.1) is 0 Å². The Labute approximate surface area is 166 Å². The number of fused-ring (bicyclic) bond motifs is 1. The molecule has 0 heterocycles. The van der Waals surface area contributed by atoms with E-state index in [9.17, 15) is 16.8 Å². The molecule has 2 aliphatic rings. The van der Waals surface area contributed by atoms with Crippen LogP contribution in [0.4, 0.5) is 5.69 Å². The third-order valence-corrected chi connectivity index (χ3v) is 6.86. The van der Waals surface area contributed by atoms with Gasteiger partial charge in [0.15, 0.2) is 0 Å². The smallest absolute Gasteiger partial charge is 0.234 e. The molecular weight excluding hydrogens is 400 g/mol. The van der Waals surface area contributed by atoms with Gasteiger partial charge in [-0.05, 0) is 68.5 Å². The monoisotopic (exact) mass is 424 g/mol.